The molecule has 2 aliphatic rings. The van der Waals surface area contributed by atoms with Crippen LogP contribution < -0.4 is 10.4 Å². The van der Waals surface area contributed by atoms with E-state index in [0.717, 1.165) is 37.3 Å². The predicted molar refractivity (Wildman–Crippen MR) is 115 cm³/mol. The summed E-state index contributed by atoms with van der Waals surface area (Å²) in [4.78, 5) is 27.5. The van der Waals surface area contributed by atoms with Crippen molar-refractivity contribution < 1.29 is 9.53 Å². The molecule has 7 nitrogen and oxygen atoms in total. The molecule has 0 radical (unpaired) electrons. The minimum absolute atomic E-state index is 0.000822. The molecular weight excluding hydrogens is 380 g/mol. The first-order valence-electron chi connectivity index (χ1n) is 11.2. The molecule has 2 heterocycles. The number of piperidine rings is 1. The topological polar surface area (TPSA) is 69.4 Å². The third kappa shape index (κ3) is 4.16. The fourth-order valence-electron chi connectivity index (χ4n) is 4.75. The van der Waals surface area contributed by atoms with E-state index in [2.05, 4.69) is 5.10 Å². The van der Waals surface area contributed by atoms with Crippen molar-refractivity contribution in [3.63, 3.8) is 0 Å². The summed E-state index contributed by atoms with van der Waals surface area (Å²) in [7, 11) is 1.74. The Kier molecular flexibility index (Phi) is 5.97. The van der Waals surface area contributed by atoms with Crippen LogP contribution in [0.3, 0.4) is 0 Å². The largest absolute Gasteiger partial charge is 0.491 e. The number of aromatic nitrogens is 3. The molecule has 1 aromatic carbocycles. The van der Waals surface area contributed by atoms with Gasteiger partial charge in [0.1, 0.15) is 11.6 Å². The van der Waals surface area contributed by atoms with Crippen LogP contribution in [0.15, 0.2) is 29.1 Å². The number of hydrogen-bond acceptors (Lipinski definition) is 4. The van der Waals surface area contributed by atoms with Crippen molar-refractivity contribution in [2.24, 2.45) is 7.05 Å². The SMILES string of the molecule is CC(C)Oc1ccc(C(=O)N2CCC(c3nn(C)c(=O)n3C3CCCC3)CC2)cc1. The zero-order valence-corrected chi connectivity index (χ0v) is 18.2. The molecule has 2 fully saturated rings. The standard InChI is InChI=1S/C23H32N4O3/c1-16(2)30-20-10-8-18(9-11-20)22(28)26-14-12-17(13-15-26)21-24-25(3)23(29)27(21)19-6-4-5-7-19/h8-11,16-17,19H,4-7,12-15H2,1-3H3. The first kappa shape index (κ1) is 20.7. The number of nitrogens with zero attached hydrogens (tertiary/aromatic N) is 4. The number of benzene rings is 1. The highest BCUT2D eigenvalue weighted by molar-refractivity contribution is 5.94. The van der Waals surface area contributed by atoms with Gasteiger partial charge < -0.3 is 9.64 Å². The average Bonchev–Trinajstić information content (AvgIpc) is 3.36. The highest BCUT2D eigenvalue weighted by atomic mass is 16.5. The van der Waals surface area contributed by atoms with Gasteiger partial charge in [-0.15, -0.1) is 0 Å². The van der Waals surface area contributed by atoms with E-state index in [-0.39, 0.29) is 29.7 Å². The van der Waals surface area contributed by atoms with Crippen molar-refractivity contribution in [1.29, 1.82) is 0 Å². The lowest BCUT2D eigenvalue weighted by molar-refractivity contribution is 0.0709. The van der Waals surface area contributed by atoms with Gasteiger partial charge in [0.05, 0.1) is 6.10 Å². The maximum Gasteiger partial charge on any atom is 0.345 e. The van der Waals surface area contributed by atoms with Gasteiger partial charge in [-0.05, 0) is 63.8 Å². The molecule has 1 saturated carbocycles. The van der Waals surface area contributed by atoms with E-state index in [1.807, 2.05) is 47.6 Å². The Bertz CT molecular complexity index is 930. The summed E-state index contributed by atoms with van der Waals surface area (Å²) in [6, 6.07) is 7.67. The Labute approximate surface area is 177 Å². The maximum atomic E-state index is 12.9. The van der Waals surface area contributed by atoms with Crippen LogP contribution in [-0.2, 0) is 7.05 Å². The number of likely N-dealkylation sites (tertiary alicyclic amines) is 1. The van der Waals surface area contributed by atoms with Crippen molar-refractivity contribution in [3.05, 3.63) is 46.1 Å². The molecule has 30 heavy (non-hydrogen) atoms. The van der Waals surface area contributed by atoms with Crippen LogP contribution in [0.25, 0.3) is 0 Å². The summed E-state index contributed by atoms with van der Waals surface area (Å²) in [6.07, 6.45) is 6.27. The highest BCUT2D eigenvalue weighted by Gasteiger charge is 2.31. The van der Waals surface area contributed by atoms with E-state index in [0.29, 0.717) is 18.7 Å². The number of hydrogen-bond donors (Lipinski definition) is 0. The Hall–Kier alpha value is -2.57. The third-order valence-electron chi connectivity index (χ3n) is 6.29. The van der Waals surface area contributed by atoms with E-state index >= 15 is 0 Å². The van der Waals surface area contributed by atoms with E-state index in [1.165, 1.54) is 17.5 Å². The maximum absolute atomic E-state index is 12.9. The molecule has 2 aromatic rings. The molecule has 0 N–H and O–H groups in total. The van der Waals surface area contributed by atoms with Gasteiger partial charge in [0.2, 0.25) is 0 Å². The lowest BCUT2D eigenvalue weighted by atomic mass is 9.95. The van der Waals surface area contributed by atoms with Gasteiger partial charge in [0, 0.05) is 37.7 Å². The average molecular weight is 413 g/mol. The second kappa shape index (κ2) is 8.66. The van der Waals surface area contributed by atoms with Crippen LogP contribution in [-0.4, -0.2) is 44.3 Å². The van der Waals surface area contributed by atoms with Gasteiger partial charge in [-0.1, -0.05) is 12.8 Å². The smallest absolute Gasteiger partial charge is 0.345 e. The summed E-state index contributed by atoms with van der Waals surface area (Å²) in [5, 5.41) is 4.59. The molecule has 1 amide bonds. The van der Waals surface area contributed by atoms with Gasteiger partial charge in [-0.3, -0.25) is 9.36 Å². The zero-order chi connectivity index (χ0) is 21.3. The van der Waals surface area contributed by atoms with E-state index in [9.17, 15) is 9.59 Å². The minimum Gasteiger partial charge on any atom is -0.491 e. The highest BCUT2D eigenvalue weighted by Crippen LogP contribution is 2.33. The first-order chi connectivity index (χ1) is 14.4. The molecular formula is C23H32N4O3. The third-order valence-corrected chi connectivity index (χ3v) is 6.29. The number of carbonyl (C=O) groups is 1. The Morgan fingerprint density at radius 3 is 2.30 bits per heavy atom. The summed E-state index contributed by atoms with van der Waals surface area (Å²) < 4.78 is 9.09. The normalized spacial score (nSPS) is 18.3. The number of ether oxygens (including phenoxy) is 1. The molecule has 0 unspecified atom stereocenters. The second-order valence-corrected chi connectivity index (χ2v) is 8.83. The summed E-state index contributed by atoms with van der Waals surface area (Å²) >= 11 is 0. The fourth-order valence-corrected chi connectivity index (χ4v) is 4.75. The molecule has 7 heteroatoms. The quantitative estimate of drug-likeness (QED) is 0.754. The first-order valence-corrected chi connectivity index (χ1v) is 11.2. The van der Waals surface area contributed by atoms with Gasteiger partial charge in [-0.25, -0.2) is 9.48 Å². The second-order valence-electron chi connectivity index (χ2n) is 8.83. The van der Waals surface area contributed by atoms with E-state index in [1.54, 1.807) is 7.05 Å². The van der Waals surface area contributed by atoms with Crippen LogP contribution in [0.5, 0.6) is 5.75 Å². The monoisotopic (exact) mass is 412 g/mol. The summed E-state index contributed by atoms with van der Waals surface area (Å²) in [6.45, 7) is 5.33. The van der Waals surface area contributed by atoms with Crippen molar-refractivity contribution in [2.75, 3.05) is 13.1 Å². The van der Waals surface area contributed by atoms with Crippen molar-refractivity contribution in [1.82, 2.24) is 19.2 Å². The predicted octanol–water partition coefficient (Wildman–Crippen LogP) is 3.50. The lowest BCUT2D eigenvalue weighted by Gasteiger charge is -2.32. The van der Waals surface area contributed by atoms with Crippen LogP contribution in [0.2, 0.25) is 0 Å². The van der Waals surface area contributed by atoms with Gasteiger partial charge in [0.15, 0.2) is 0 Å². The lowest BCUT2D eigenvalue weighted by Crippen LogP contribution is -2.38. The zero-order valence-electron chi connectivity index (χ0n) is 18.2. The number of rotatable bonds is 5. The van der Waals surface area contributed by atoms with Crippen LogP contribution in [0, 0.1) is 0 Å². The molecule has 4 rings (SSSR count). The molecule has 0 bridgehead atoms. The van der Waals surface area contributed by atoms with Crippen molar-refractivity contribution in [3.8, 4) is 5.75 Å². The fraction of sp³-hybridized carbons (Fsp3) is 0.609. The minimum atomic E-state index is -0.000822. The molecule has 0 atom stereocenters. The number of carbonyl (C=O) groups excluding carboxylic acids is 1. The number of aryl methyl sites for hydroxylation is 1. The summed E-state index contributed by atoms with van der Waals surface area (Å²) in [5.74, 6) is 1.97. The van der Waals surface area contributed by atoms with Crippen molar-refractivity contribution >= 4 is 5.91 Å². The van der Waals surface area contributed by atoms with E-state index < -0.39 is 0 Å². The van der Waals surface area contributed by atoms with Crippen LogP contribution >= 0.6 is 0 Å². The Morgan fingerprint density at radius 1 is 1.07 bits per heavy atom. The van der Waals surface area contributed by atoms with Crippen LogP contribution in [0.4, 0.5) is 0 Å². The van der Waals surface area contributed by atoms with Gasteiger partial charge in [-0.2, -0.15) is 5.10 Å². The van der Waals surface area contributed by atoms with Crippen LogP contribution in [0.1, 0.15) is 80.5 Å². The molecule has 1 aliphatic carbocycles. The molecule has 162 valence electrons. The van der Waals surface area contributed by atoms with E-state index in [4.69, 9.17) is 4.74 Å². The molecule has 1 aliphatic heterocycles. The Morgan fingerprint density at radius 2 is 1.70 bits per heavy atom. The van der Waals surface area contributed by atoms with Gasteiger partial charge >= 0.3 is 5.69 Å². The molecule has 1 aromatic heterocycles. The Balaban J connectivity index is 1.42. The van der Waals surface area contributed by atoms with Gasteiger partial charge in [0.25, 0.3) is 5.91 Å². The molecule has 1 saturated heterocycles. The molecule has 0 spiro atoms. The summed E-state index contributed by atoms with van der Waals surface area (Å²) in [5.41, 5.74) is 0.685. The van der Waals surface area contributed by atoms with Crippen molar-refractivity contribution in [2.45, 2.75) is 70.4 Å². The number of amides is 1.